The van der Waals surface area contributed by atoms with Gasteiger partial charge in [-0.25, -0.2) is 0 Å². The van der Waals surface area contributed by atoms with Crippen LogP contribution in [0, 0.1) is 11.8 Å². The van der Waals surface area contributed by atoms with E-state index in [0.717, 1.165) is 35.4 Å². The molecule has 1 N–H and O–H groups in total. The highest BCUT2D eigenvalue weighted by atomic mass is 16.5. The van der Waals surface area contributed by atoms with Crippen LogP contribution in [0.1, 0.15) is 18.4 Å². The zero-order chi connectivity index (χ0) is 14.5. The van der Waals surface area contributed by atoms with E-state index in [9.17, 15) is 0 Å². The van der Waals surface area contributed by atoms with Crippen molar-refractivity contribution in [2.75, 3.05) is 13.7 Å². The number of nitrogens with one attached hydrogen (secondary N) is 1. The molecule has 1 unspecified atom stereocenters. The van der Waals surface area contributed by atoms with Gasteiger partial charge in [-0.3, -0.25) is 4.98 Å². The fourth-order valence-electron chi connectivity index (χ4n) is 2.43. The van der Waals surface area contributed by atoms with Crippen molar-refractivity contribution in [3.05, 3.63) is 48.3 Å². The lowest BCUT2D eigenvalue weighted by molar-refractivity contribution is 0.415. The van der Waals surface area contributed by atoms with Crippen molar-refractivity contribution in [1.29, 1.82) is 0 Å². The molecule has 1 aliphatic heterocycles. The van der Waals surface area contributed by atoms with Gasteiger partial charge in [-0.05, 0) is 43.1 Å². The first kappa shape index (κ1) is 13.7. The van der Waals surface area contributed by atoms with Gasteiger partial charge in [0.1, 0.15) is 5.75 Å². The average Bonchev–Trinajstić information content (AvgIpc) is 3.07. The third-order valence-electron chi connectivity index (χ3n) is 3.61. The minimum Gasteiger partial charge on any atom is -0.497 e. The maximum atomic E-state index is 5.18. The molecule has 0 radical (unpaired) electrons. The van der Waals surface area contributed by atoms with Gasteiger partial charge in [0.2, 0.25) is 0 Å². The predicted molar refractivity (Wildman–Crippen MR) is 84.1 cm³/mol. The largest absolute Gasteiger partial charge is 0.497 e. The van der Waals surface area contributed by atoms with Crippen molar-refractivity contribution in [1.82, 2.24) is 10.3 Å². The first-order valence-electron chi connectivity index (χ1n) is 7.19. The highest BCUT2D eigenvalue weighted by molar-refractivity contribution is 5.65. The lowest BCUT2D eigenvalue weighted by Gasteiger charge is -2.04. The molecular formula is C18H18N2O. The first-order valence-corrected chi connectivity index (χ1v) is 7.19. The number of rotatable bonds is 2. The van der Waals surface area contributed by atoms with E-state index in [0.29, 0.717) is 6.04 Å². The Kier molecular flexibility index (Phi) is 4.18. The Morgan fingerprint density at radius 1 is 1.19 bits per heavy atom. The molecule has 1 aromatic carbocycles. The molecule has 0 bridgehead atoms. The van der Waals surface area contributed by atoms with Gasteiger partial charge in [-0.2, -0.15) is 0 Å². The van der Waals surface area contributed by atoms with Crippen LogP contribution in [0.4, 0.5) is 0 Å². The summed E-state index contributed by atoms with van der Waals surface area (Å²) in [5.74, 6) is 7.35. The molecule has 1 atom stereocenters. The van der Waals surface area contributed by atoms with E-state index >= 15 is 0 Å². The molecule has 21 heavy (non-hydrogen) atoms. The van der Waals surface area contributed by atoms with Crippen molar-refractivity contribution in [3.8, 4) is 28.7 Å². The Bertz CT molecular complexity index is 662. The van der Waals surface area contributed by atoms with E-state index in [1.165, 1.54) is 6.42 Å². The summed E-state index contributed by atoms with van der Waals surface area (Å²) in [6, 6.07) is 10.4. The topological polar surface area (TPSA) is 34.1 Å². The molecule has 1 aliphatic rings. The van der Waals surface area contributed by atoms with E-state index in [2.05, 4.69) is 28.2 Å². The summed E-state index contributed by atoms with van der Waals surface area (Å²) in [6.07, 6.45) is 6.03. The third kappa shape index (κ3) is 3.42. The van der Waals surface area contributed by atoms with Crippen molar-refractivity contribution >= 4 is 0 Å². The van der Waals surface area contributed by atoms with Crippen LogP contribution in [-0.2, 0) is 0 Å². The number of benzene rings is 1. The fraction of sp³-hybridized carbons (Fsp3) is 0.278. The molecule has 3 heteroatoms. The van der Waals surface area contributed by atoms with Crippen LogP contribution >= 0.6 is 0 Å². The molecule has 0 amide bonds. The highest BCUT2D eigenvalue weighted by Gasteiger charge is 2.09. The molecule has 1 fully saturated rings. The standard InChI is InChI=1S/C18H18N2O/c1-21-18-8-5-15(6-9-18)16-11-14(12-19-13-16)4-7-17-3-2-10-20-17/h5-6,8-9,11-13,17,20H,2-3,10H2,1H3. The number of ether oxygens (including phenoxy) is 1. The van der Waals surface area contributed by atoms with Gasteiger partial charge in [0.05, 0.1) is 13.2 Å². The molecule has 3 nitrogen and oxygen atoms in total. The van der Waals surface area contributed by atoms with Crippen LogP contribution in [0.5, 0.6) is 5.75 Å². The summed E-state index contributed by atoms with van der Waals surface area (Å²) in [4.78, 5) is 4.29. The molecular weight excluding hydrogens is 260 g/mol. The van der Waals surface area contributed by atoms with Crippen LogP contribution in [0.15, 0.2) is 42.7 Å². The Morgan fingerprint density at radius 2 is 2.05 bits per heavy atom. The lowest BCUT2D eigenvalue weighted by Crippen LogP contribution is -2.18. The summed E-state index contributed by atoms with van der Waals surface area (Å²) in [6.45, 7) is 1.07. The number of nitrogens with zero attached hydrogens (tertiary/aromatic N) is 1. The minimum atomic E-state index is 0.328. The molecule has 106 valence electrons. The molecule has 1 aromatic heterocycles. The van der Waals surface area contributed by atoms with Gasteiger partial charge in [0.25, 0.3) is 0 Å². The van der Waals surface area contributed by atoms with Gasteiger partial charge in [-0.15, -0.1) is 0 Å². The number of hydrogen-bond donors (Lipinski definition) is 1. The molecule has 2 aromatic rings. The number of pyridine rings is 1. The van der Waals surface area contributed by atoms with Gasteiger partial charge in [0, 0.05) is 23.5 Å². The molecule has 0 aliphatic carbocycles. The van der Waals surface area contributed by atoms with Crippen molar-refractivity contribution in [2.45, 2.75) is 18.9 Å². The van der Waals surface area contributed by atoms with Crippen LogP contribution in [-0.4, -0.2) is 24.7 Å². The Labute approximate surface area is 125 Å². The van der Waals surface area contributed by atoms with Crippen molar-refractivity contribution < 1.29 is 4.74 Å². The average molecular weight is 278 g/mol. The Balaban J connectivity index is 1.81. The number of aromatic nitrogens is 1. The minimum absolute atomic E-state index is 0.328. The quantitative estimate of drug-likeness (QED) is 0.858. The molecule has 0 spiro atoms. The van der Waals surface area contributed by atoms with Gasteiger partial charge >= 0.3 is 0 Å². The number of hydrogen-bond acceptors (Lipinski definition) is 3. The molecule has 3 rings (SSSR count). The van der Waals surface area contributed by atoms with Gasteiger partial charge in [-0.1, -0.05) is 24.0 Å². The zero-order valence-electron chi connectivity index (χ0n) is 12.1. The van der Waals surface area contributed by atoms with Crippen LogP contribution in [0.3, 0.4) is 0 Å². The summed E-state index contributed by atoms with van der Waals surface area (Å²) in [7, 11) is 1.67. The predicted octanol–water partition coefficient (Wildman–Crippen LogP) is 2.86. The van der Waals surface area contributed by atoms with Gasteiger partial charge < -0.3 is 10.1 Å². The fourth-order valence-corrected chi connectivity index (χ4v) is 2.43. The Morgan fingerprint density at radius 3 is 2.76 bits per heavy atom. The molecule has 2 heterocycles. The van der Waals surface area contributed by atoms with Crippen molar-refractivity contribution in [3.63, 3.8) is 0 Å². The van der Waals surface area contributed by atoms with Crippen LogP contribution < -0.4 is 10.1 Å². The number of methoxy groups -OCH3 is 1. The Hall–Kier alpha value is -2.31. The monoisotopic (exact) mass is 278 g/mol. The van der Waals surface area contributed by atoms with Gasteiger partial charge in [0.15, 0.2) is 0 Å². The summed E-state index contributed by atoms with van der Waals surface area (Å²) in [5, 5.41) is 3.38. The first-order chi connectivity index (χ1) is 10.3. The smallest absolute Gasteiger partial charge is 0.118 e. The highest BCUT2D eigenvalue weighted by Crippen LogP contribution is 2.22. The zero-order valence-corrected chi connectivity index (χ0v) is 12.1. The SMILES string of the molecule is COc1ccc(-c2cncc(C#CC3CCCN3)c2)cc1. The molecule has 1 saturated heterocycles. The normalized spacial score (nSPS) is 17.1. The lowest BCUT2D eigenvalue weighted by atomic mass is 10.1. The van der Waals surface area contributed by atoms with E-state index in [-0.39, 0.29) is 0 Å². The second-order valence-corrected chi connectivity index (χ2v) is 5.11. The van der Waals surface area contributed by atoms with E-state index < -0.39 is 0 Å². The summed E-state index contributed by atoms with van der Waals surface area (Å²) in [5.41, 5.74) is 3.15. The molecule has 0 saturated carbocycles. The van der Waals surface area contributed by atoms with E-state index in [4.69, 9.17) is 4.74 Å². The van der Waals surface area contributed by atoms with E-state index in [1.54, 1.807) is 7.11 Å². The van der Waals surface area contributed by atoms with E-state index in [1.807, 2.05) is 36.7 Å². The summed E-state index contributed by atoms with van der Waals surface area (Å²) < 4.78 is 5.18. The van der Waals surface area contributed by atoms with Crippen LogP contribution in [0.2, 0.25) is 0 Å². The van der Waals surface area contributed by atoms with Crippen molar-refractivity contribution in [2.24, 2.45) is 0 Å². The van der Waals surface area contributed by atoms with Crippen LogP contribution in [0.25, 0.3) is 11.1 Å². The second-order valence-electron chi connectivity index (χ2n) is 5.11. The second kappa shape index (κ2) is 6.43. The summed E-state index contributed by atoms with van der Waals surface area (Å²) >= 11 is 0. The maximum Gasteiger partial charge on any atom is 0.118 e. The maximum absolute atomic E-state index is 5.18. The third-order valence-corrected chi connectivity index (χ3v) is 3.61.